The summed E-state index contributed by atoms with van der Waals surface area (Å²) in [6, 6.07) is 7.86. The SMILES string of the molecule is CC(C)(C)NC[C@@H](COc1ccccc1C1CCCC1)OS(=O)(=O)O. The zero-order valence-electron chi connectivity index (χ0n) is 15.2. The average molecular weight is 371 g/mol. The summed E-state index contributed by atoms with van der Waals surface area (Å²) in [5, 5.41) is 3.17. The van der Waals surface area contributed by atoms with Gasteiger partial charge in [0.15, 0.2) is 0 Å². The van der Waals surface area contributed by atoms with Crippen LogP contribution in [0.25, 0.3) is 0 Å². The number of hydrogen-bond donors (Lipinski definition) is 2. The maximum absolute atomic E-state index is 11.1. The van der Waals surface area contributed by atoms with Gasteiger partial charge in [-0.05, 0) is 51.2 Å². The van der Waals surface area contributed by atoms with Crippen molar-refractivity contribution in [2.24, 2.45) is 0 Å². The predicted octanol–water partition coefficient (Wildman–Crippen LogP) is 3.30. The molecule has 0 aromatic heterocycles. The van der Waals surface area contributed by atoms with E-state index in [9.17, 15) is 8.42 Å². The lowest BCUT2D eigenvalue weighted by molar-refractivity contribution is 0.111. The summed E-state index contributed by atoms with van der Waals surface area (Å²) in [7, 11) is -4.54. The molecular weight excluding hydrogens is 342 g/mol. The third-order valence-corrected chi connectivity index (χ3v) is 4.77. The molecule has 0 unspecified atom stereocenters. The highest BCUT2D eigenvalue weighted by Gasteiger charge is 2.23. The lowest BCUT2D eigenvalue weighted by Crippen LogP contribution is -2.44. The van der Waals surface area contributed by atoms with E-state index in [4.69, 9.17) is 13.5 Å². The maximum atomic E-state index is 11.1. The van der Waals surface area contributed by atoms with Gasteiger partial charge in [-0.15, -0.1) is 0 Å². The minimum absolute atomic E-state index is 0.0343. The Morgan fingerprint density at radius 3 is 2.48 bits per heavy atom. The molecule has 1 saturated carbocycles. The summed E-state index contributed by atoms with van der Waals surface area (Å²) in [5.74, 6) is 1.25. The highest BCUT2D eigenvalue weighted by atomic mass is 32.3. The molecule has 1 aliphatic carbocycles. The van der Waals surface area contributed by atoms with E-state index in [1.165, 1.54) is 12.8 Å². The van der Waals surface area contributed by atoms with Gasteiger partial charge < -0.3 is 10.1 Å². The van der Waals surface area contributed by atoms with E-state index < -0.39 is 16.5 Å². The van der Waals surface area contributed by atoms with Crippen molar-refractivity contribution < 1.29 is 21.9 Å². The third kappa shape index (κ3) is 7.32. The van der Waals surface area contributed by atoms with E-state index >= 15 is 0 Å². The van der Waals surface area contributed by atoms with E-state index in [1.54, 1.807) is 0 Å². The number of nitrogens with one attached hydrogen (secondary N) is 1. The van der Waals surface area contributed by atoms with Crippen LogP contribution in [-0.4, -0.2) is 37.8 Å². The Kier molecular flexibility index (Phi) is 6.85. The van der Waals surface area contributed by atoms with Crippen molar-refractivity contribution >= 4 is 10.4 Å². The zero-order valence-corrected chi connectivity index (χ0v) is 16.0. The van der Waals surface area contributed by atoms with Crippen LogP contribution < -0.4 is 10.1 Å². The monoisotopic (exact) mass is 371 g/mol. The molecule has 0 heterocycles. The minimum Gasteiger partial charge on any atom is -0.490 e. The van der Waals surface area contributed by atoms with Gasteiger partial charge in [0.25, 0.3) is 0 Å². The Balaban J connectivity index is 2.04. The van der Waals surface area contributed by atoms with E-state index in [0.717, 1.165) is 24.2 Å². The summed E-state index contributed by atoms with van der Waals surface area (Å²) in [6.07, 6.45) is 3.94. The van der Waals surface area contributed by atoms with Gasteiger partial charge in [0.2, 0.25) is 0 Å². The standard InChI is InChI=1S/C18H29NO5S/c1-18(2,3)19-12-15(24-25(20,21)22)13-23-17-11-7-6-10-16(17)14-8-4-5-9-14/h6-7,10-11,14-15,19H,4-5,8-9,12-13H2,1-3H3,(H,20,21,22)/t15-/m0/s1. The lowest BCUT2D eigenvalue weighted by Gasteiger charge is -2.25. The van der Waals surface area contributed by atoms with E-state index in [2.05, 4.69) is 11.4 Å². The summed E-state index contributed by atoms with van der Waals surface area (Å²) in [5.41, 5.74) is 0.956. The van der Waals surface area contributed by atoms with Crippen LogP contribution in [0.2, 0.25) is 0 Å². The van der Waals surface area contributed by atoms with Gasteiger partial charge >= 0.3 is 10.4 Å². The number of ether oxygens (including phenoxy) is 1. The summed E-state index contributed by atoms with van der Waals surface area (Å²) in [4.78, 5) is 0. The first-order valence-electron chi connectivity index (χ1n) is 8.76. The normalized spacial score (nSPS) is 17.6. The smallest absolute Gasteiger partial charge is 0.397 e. The topological polar surface area (TPSA) is 84.9 Å². The molecular formula is C18H29NO5S. The Morgan fingerprint density at radius 2 is 1.88 bits per heavy atom. The van der Waals surface area contributed by atoms with Crippen molar-refractivity contribution in [2.75, 3.05) is 13.2 Å². The Morgan fingerprint density at radius 1 is 1.24 bits per heavy atom. The largest absolute Gasteiger partial charge is 0.490 e. The molecule has 0 saturated heterocycles. The van der Waals surface area contributed by atoms with Crippen LogP contribution in [0.3, 0.4) is 0 Å². The van der Waals surface area contributed by atoms with Crippen molar-refractivity contribution in [3.05, 3.63) is 29.8 Å². The molecule has 0 amide bonds. The Labute approximate surface area is 150 Å². The lowest BCUT2D eigenvalue weighted by atomic mass is 9.97. The molecule has 2 rings (SSSR count). The quantitative estimate of drug-likeness (QED) is 0.682. The molecule has 0 aliphatic heterocycles. The van der Waals surface area contributed by atoms with Gasteiger partial charge in [-0.25, -0.2) is 4.18 Å². The second kappa shape index (κ2) is 8.49. The molecule has 1 aromatic rings. The van der Waals surface area contributed by atoms with Gasteiger partial charge in [-0.3, -0.25) is 4.55 Å². The average Bonchev–Trinajstić information content (AvgIpc) is 3.02. The highest BCUT2D eigenvalue weighted by molar-refractivity contribution is 7.80. The summed E-state index contributed by atoms with van der Waals surface area (Å²) >= 11 is 0. The predicted molar refractivity (Wildman–Crippen MR) is 97.3 cm³/mol. The first-order chi connectivity index (χ1) is 11.6. The molecule has 1 atom stereocenters. The van der Waals surface area contributed by atoms with Crippen LogP contribution in [0.1, 0.15) is 57.9 Å². The van der Waals surface area contributed by atoms with Crippen LogP contribution in [0.15, 0.2) is 24.3 Å². The number of rotatable bonds is 8. The van der Waals surface area contributed by atoms with Crippen molar-refractivity contribution in [3.8, 4) is 5.75 Å². The molecule has 25 heavy (non-hydrogen) atoms. The van der Waals surface area contributed by atoms with Crippen molar-refractivity contribution in [3.63, 3.8) is 0 Å². The van der Waals surface area contributed by atoms with Gasteiger partial charge in [0.1, 0.15) is 18.5 Å². The number of hydrogen-bond acceptors (Lipinski definition) is 5. The molecule has 1 aliphatic rings. The summed E-state index contributed by atoms with van der Waals surface area (Å²) in [6.45, 7) is 6.18. The van der Waals surface area contributed by atoms with E-state index in [-0.39, 0.29) is 18.7 Å². The Hall–Kier alpha value is -1.15. The molecule has 0 bridgehead atoms. The first kappa shape index (κ1) is 20.2. The van der Waals surface area contributed by atoms with Crippen LogP contribution >= 0.6 is 0 Å². The first-order valence-corrected chi connectivity index (χ1v) is 10.1. The fraction of sp³-hybridized carbons (Fsp3) is 0.667. The van der Waals surface area contributed by atoms with E-state index in [1.807, 2.05) is 39.0 Å². The molecule has 1 fully saturated rings. The van der Waals surface area contributed by atoms with Crippen molar-refractivity contribution in [1.82, 2.24) is 5.32 Å². The molecule has 1 aromatic carbocycles. The fourth-order valence-electron chi connectivity index (χ4n) is 3.08. The van der Waals surface area contributed by atoms with Crippen LogP contribution in [0.5, 0.6) is 5.75 Å². The molecule has 6 nitrogen and oxygen atoms in total. The van der Waals surface area contributed by atoms with Crippen LogP contribution in [-0.2, 0) is 14.6 Å². The molecule has 142 valence electrons. The summed E-state index contributed by atoms with van der Waals surface area (Å²) < 4.78 is 41.9. The van der Waals surface area contributed by atoms with Crippen molar-refractivity contribution in [2.45, 2.75) is 64.0 Å². The van der Waals surface area contributed by atoms with Crippen LogP contribution in [0.4, 0.5) is 0 Å². The second-order valence-corrected chi connectivity index (χ2v) is 8.65. The molecule has 2 N–H and O–H groups in total. The van der Waals surface area contributed by atoms with E-state index in [0.29, 0.717) is 5.92 Å². The third-order valence-electron chi connectivity index (χ3n) is 4.26. The molecule has 7 heteroatoms. The number of para-hydroxylation sites is 1. The molecule has 0 spiro atoms. The van der Waals surface area contributed by atoms with Crippen molar-refractivity contribution in [1.29, 1.82) is 0 Å². The van der Waals surface area contributed by atoms with Gasteiger partial charge in [-0.2, -0.15) is 8.42 Å². The highest BCUT2D eigenvalue weighted by Crippen LogP contribution is 2.38. The Bertz CT molecular complexity index is 648. The number of benzene rings is 1. The zero-order chi connectivity index (χ0) is 18.5. The van der Waals surface area contributed by atoms with Gasteiger partial charge in [0.05, 0.1) is 0 Å². The maximum Gasteiger partial charge on any atom is 0.397 e. The fourth-order valence-corrected chi connectivity index (χ4v) is 3.55. The minimum atomic E-state index is -4.54. The van der Waals surface area contributed by atoms with Gasteiger partial charge in [0, 0.05) is 12.1 Å². The second-order valence-electron chi connectivity index (χ2n) is 7.61. The van der Waals surface area contributed by atoms with Gasteiger partial charge in [-0.1, -0.05) is 31.0 Å². The molecule has 0 radical (unpaired) electrons. The van der Waals surface area contributed by atoms with Crippen LogP contribution in [0, 0.1) is 0 Å².